The van der Waals surface area contributed by atoms with Crippen LogP contribution in [0.2, 0.25) is 5.02 Å². The average molecular weight is 345 g/mol. The van der Waals surface area contributed by atoms with Gasteiger partial charge in [0.1, 0.15) is 0 Å². The zero-order chi connectivity index (χ0) is 16.9. The maximum atomic E-state index is 12.2. The molecule has 4 nitrogen and oxygen atoms in total. The first-order valence-corrected chi connectivity index (χ1v) is 8.54. The first-order valence-electron chi connectivity index (χ1n) is 8.16. The minimum atomic E-state index is -0.211. The molecule has 1 unspecified atom stereocenters. The molecule has 0 aliphatic carbocycles. The smallest absolute Gasteiger partial charge is 0.255 e. The number of aliphatic hydroxyl groups excluding tert-OH is 1. The second-order valence-electron chi connectivity index (χ2n) is 6.19. The van der Waals surface area contributed by atoms with E-state index in [2.05, 4.69) is 10.2 Å². The van der Waals surface area contributed by atoms with Gasteiger partial charge in [-0.15, -0.1) is 0 Å². The highest BCUT2D eigenvalue weighted by Gasteiger charge is 2.17. The van der Waals surface area contributed by atoms with E-state index in [0.717, 1.165) is 38.2 Å². The number of hydrogen-bond acceptors (Lipinski definition) is 3. The van der Waals surface area contributed by atoms with Crippen LogP contribution in [0.4, 0.5) is 5.69 Å². The molecule has 0 spiro atoms. The molecule has 1 aliphatic heterocycles. The van der Waals surface area contributed by atoms with Gasteiger partial charge in [-0.25, -0.2) is 0 Å². The minimum absolute atomic E-state index is 0.154. The third-order valence-electron chi connectivity index (χ3n) is 4.21. The van der Waals surface area contributed by atoms with Gasteiger partial charge in [-0.05, 0) is 61.3 Å². The Kier molecular flexibility index (Phi) is 5.51. The largest absolute Gasteiger partial charge is 0.392 e. The molecule has 2 aromatic rings. The number of hydrogen-bond donors (Lipinski definition) is 2. The predicted molar refractivity (Wildman–Crippen MR) is 96.4 cm³/mol. The van der Waals surface area contributed by atoms with E-state index < -0.39 is 0 Å². The van der Waals surface area contributed by atoms with Gasteiger partial charge in [0.2, 0.25) is 0 Å². The fraction of sp³-hybridized carbons (Fsp3) is 0.316. The Morgan fingerprint density at radius 3 is 2.54 bits per heavy atom. The van der Waals surface area contributed by atoms with Crippen molar-refractivity contribution in [1.29, 1.82) is 0 Å². The summed E-state index contributed by atoms with van der Waals surface area (Å²) in [6.45, 7) is 2.57. The van der Waals surface area contributed by atoms with Crippen LogP contribution in [-0.2, 0) is 6.54 Å². The minimum Gasteiger partial charge on any atom is -0.392 e. The highest BCUT2D eigenvalue weighted by Crippen LogP contribution is 2.17. The van der Waals surface area contributed by atoms with Crippen LogP contribution in [0.5, 0.6) is 0 Å². The number of benzene rings is 2. The normalized spacial score (nSPS) is 18.3. The first kappa shape index (κ1) is 17.0. The van der Waals surface area contributed by atoms with Crippen molar-refractivity contribution in [1.82, 2.24) is 4.90 Å². The molecule has 1 heterocycles. The Bertz CT molecular complexity index is 686. The number of likely N-dealkylation sites (tertiary alicyclic amines) is 1. The van der Waals surface area contributed by atoms with Crippen LogP contribution in [0.3, 0.4) is 0 Å². The monoisotopic (exact) mass is 344 g/mol. The molecule has 5 heteroatoms. The number of halogens is 1. The Hall–Kier alpha value is -1.88. The Balaban J connectivity index is 1.58. The van der Waals surface area contributed by atoms with Gasteiger partial charge >= 0.3 is 0 Å². The predicted octanol–water partition coefficient (Wildman–Crippen LogP) is 3.55. The van der Waals surface area contributed by atoms with Gasteiger partial charge in [-0.1, -0.05) is 23.7 Å². The van der Waals surface area contributed by atoms with E-state index in [9.17, 15) is 9.90 Å². The number of anilines is 1. The molecule has 1 saturated heterocycles. The number of nitrogens with one attached hydrogen (secondary N) is 1. The molecule has 0 saturated carbocycles. The van der Waals surface area contributed by atoms with Crippen molar-refractivity contribution >= 4 is 23.2 Å². The molecule has 0 radical (unpaired) electrons. The number of piperidine rings is 1. The van der Waals surface area contributed by atoms with Crippen LogP contribution in [0.1, 0.15) is 28.8 Å². The SMILES string of the molecule is O=C(Nc1ccc(CN2CCCC(O)C2)cc1)c1ccc(Cl)cc1. The summed E-state index contributed by atoms with van der Waals surface area (Å²) in [5.74, 6) is -0.154. The highest BCUT2D eigenvalue weighted by atomic mass is 35.5. The second kappa shape index (κ2) is 7.79. The zero-order valence-electron chi connectivity index (χ0n) is 13.4. The number of β-amino-alcohol motifs (C(OH)–C–C–N with tert-alkyl or cyclic N) is 1. The van der Waals surface area contributed by atoms with Crippen LogP contribution >= 0.6 is 11.6 Å². The highest BCUT2D eigenvalue weighted by molar-refractivity contribution is 6.30. The molecule has 1 aliphatic rings. The van der Waals surface area contributed by atoms with Gasteiger partial charge in [0.25, 0.3) is 5.91 Å². The van der Waals surface area contributed by atoms with E-state index in [1.165, 1.54) is 5.56 Å². The van der Waals surface area contributed by atoms with E-state index in [4.69, 9.17) is 11.6 Å². The molecule has 1 fully saturated rings. The van der Waals surface area contributed by atoms with E-state index in [0.29, 0.717) is 10.6 Å². The third-order valence-corrected chi connectivity index (χ3v) is 4.46. The summed E-state index contributed by atoms with van der Waals surface area (Å²) in [6.07, 6.45) is 1.72. The van der Waals surface area contributed by atoms with Crippen molar-refractivity contribution in [2.24, 2.45) is 0 Å². The fourth-order valence-electron chi connectivity index (χ4n) is 2.93. The lowest BCUT2D eigenvalue weighted by molar-refractivity contribution is 0.0668. The van der Waals surface area contributed by atoms with Crippen molar-refractivity contribution < 1.29 is 9.90 Å². The van der Waals surface area contributed by atoms with Crippen molar-refractivity contribution in [2.75, 3.05) is 18.4 Å². The fourth-order valence-corrected chi connectivity index (χ4v) is 3.06. The molecule has 2 aromatic carbocycles. The van der Waals surface area contributed by atoms with Crippen LogP contribution < -0.4 is 5.32 Å². The van der Waals surface area contributed by atoms with E-state index in [1.807, 2.05) is 24.3 Å². The summed E-state index contributed by atoms with van der Waals surface area (Å²) >= 11 is 5.83. The number of carbonyl (C=O) groups excluding carboxylic acids is 1. The number of nitrogens with zero attached hydrogens (tertiary/aromatic N) is 1. The maximum Gasteiger partial charge on any atom is 0.255 e. The van der Waals surface area contributed by atoms with Crippen molar-refractivity contribution in [3.63, 3.8) is 0 Å². The molecule has 2 N–H and O–H groups in total. The standard InChI is InChI=1S/C19H21ClN2O2/c20-16-7-5-15(6-8-16)19(24)21-17-9-3-14(4-10-17)12-22-11-1-2-18(23)13-22/h3-10,18,23H,1-2,11-13H2,(H,21,24). The topological polar surface area (TPSA) is 52.6 Å². The molecule has 126 valence electrons. The van der Waals surface area contributed by atoms with E-state index in [-0.39, 0.29) is 12.0 Å². The summed E-state index contributed by atoms with van der Waals surface area (Å²) in [5.41, 5.74) is 2.51. The average Bonchev–Trinajstić information content (AvgIpc) is 2.57. The van der Waals surface area contributed by atoms with Gasteiger partial charge in [0.15, 0.2) is 0 Å². The first-order chi connectivity index (χ1) is 11.6. The molecule has 1 amide bonds. The summed E-state index contributed by atoms with van der Waals surface area (Å²) in [5, 5.41) is 13.2. The lowest BCUT2D eigenvalue weighted by Gasteiger charge is -2.29. The Morgan fingerprint density at radius 1 is 1.17 bits per heavy atom. The number of amides is 1. The van der Waals surface area contributed by atoms with Crippen molar-refractivity contribution in [3.05, 3.63) is 64.7 Å². The number of carbonyl (C=O) groups is 1. The van der Waals surface area contributed by atoms with Gasteiger partial charge in [-0.2, -0.15) is 0 Å². The van der Waals surface area contributed by atoms with E-state index in [1.54, 1.807) is 24.3 Å². The molecule has 1 atom stereocenters. The quantitative estimate of drug-likeness (QED) is 0.891. The molecule has 0 bridgehead atoms. The lowest BCUT2D eigenvalue weighted by Crippen LogP contribution is -2.37. The van der Waals surface area contributed by atoms with E-state index >= 15 is 0 Å². The van der Waals surface area contributed by atoms with Gasteiger partial charge in [-0.3, -0.25) is 9.69 Å². The summed E-state index contributed by atoms with van der Waals surface area (Å²) in [4.78, 5) is 14.4. The van der Waals surface area contributed by atoms with Gasteiger partial charge < -0.3 is 10.4 Å². The second-order valence-corrected chi connectivity index (χ2v) is 6.63. The van der Waals surface area contributed by atoms with Crippen LogP contribution in [-0.4, -0.2) is 35.1 Å². The molecule has 0 aromatic heterocycles. The molecule has 24 heavy (non-hydrogen) atoms. The maximum absolute atomic E-state index is 12.2. The zero-order valence-corrected chi connectivity index (χ0v) is 14.2. The summed E-state index contributed by atoms with van der Waals surface area (Å²) in [7, 11) is 0. The van der Waals surface area contributed by atoms with Gasteiger partial charge in [0.05, 0.1) is 6.10 Å². The molecular formula is C19H21ClN2O2. The van der Waals surface area contributed by atoms with Gasteiger partial charge in [0, 0.05) is 29.4 Å². The van der Waals surface area contributed by atoms with Crippen LogP contribution in [0, 0.1) is 0 Å². The van der Waals surface area contributed by atoms with Crippen molar-refractivity contribution in [3.8, 4) is 0 Å². The number of aliphatic hydroxyl groups is 1. The third kappa shape index (κ3) is 4.57. The lowest BCUT2D eigenvalue weighted by atomic mass is 10.1. The van der Waals surface area contributed by atoms with Crippen molar-refractivity contribution in [2.45, 2.75) is 25.5 Å². The molecule has 3 rings (SSSR count). The molecular weight excluding hydrogens is 324 g/mol. The summed E-state index contributed by atoms with van der Waals surface area (Å²) in [6, 6.07) is 14.6. The number of rotatable bonds is 4. The Labute approximate surface area is 147 Å². The van der Waals surface area contributed by atoms with Crippen LogP contribution in [0.25, 0.3) is 0 Å². The Morgan fingerprint density at radius 2 is 1.88 bits per heavy atom. The summed E-state index contributed by atoms with van der Waals surface area (Å²) < 4.78 is 0. The van der Waals surface area contributed by atoms with Crippen LogP contribution in [0.15, 0.2) is 48.5 Å².